The molecule has 0 unspecified atom stereocenters. The predicted molar refractivity (Wildman–Crippen MR) is 98.3 cm³/mol. The second-order valence-corrected chi connectivity index (χ2v) is 9.06. The number of sulfone groups is 1. The number of aromatic nitrogens is 4. The van der Waals surface area contributed by atoms with Crippen LogP contribution in [0, 0.1) is 0 Å². The summed E-state index contributed by atoms with van der Waals surface area (Å²) in [4.78, 5) is 28.7. The molecule has 1 aromatic heterocycles. The van der Waals surface area contributed by atoms with Crippen LogP contribution in [0.3, 0.4) is 0 Å². The van der Waals surface area contributed by atoms with E-state index in [0.717, 1.165) is 0 Å². The van der Waals surface area contributed by atoms with Gasteiger partial charge in [-0.05, 0) is 18.1 Å². The van der Waals surface area contributed by atoms with Crippen molar-refractivity contribution in [3.05, 3.63) is 0 Å². The second-order valence-electron chi connectivity index (χ2n) is 6.78. The minimum Gasteiger partial charge on any atom is -0.378 e. The van der Waals surface area contributed by atoms with Crippen LogP contribution in [0.4, 0.5) is 5.95 Å². The van der Waals surface area contributed by atoms with Crippen LogP contribution < -0.4 is 10.2 Å². The average molecular weight is 415 g/mol. The highest BCUT2D eigenvalue weighted by Gasteiger charge is 2.33. The van der Waals surface area contributed by atoms with Gasteiger partial charge in [0.1, 0.15) is 12.3 Å². The molecule has 0 radical (unpaired) electrons. The Morgan fingerprint density at radius 3 is 2.50 bits per heavy atom. The highest BCUT2D eigenvalue weighted by molar-refractivity contribution is 7.92. The normalized spacial score (nSPS) is 18.9. The molecule has 2 aliphatic rings. The molecule has 156 valence electrons. The summed E-state index contributed by atoms with van der Waals surface area (Å²) in [5.41, 5.74) is 0. The zero-order valence-electron chi connectivity index (χ0n) is 15.8. The molecule has 0 aliphatic carbocycles. The van der Waals surface area contributed by atoms with Gasteiger partial charge in [0.15, 0.2) is 9.84 Å². The van der Waals surface area contributed by atoms with E-state index in [-0.39, 0.29) is 12.5 Å². The summed E-state index contributed by atoms with van der Waals surface area (Å²) in [6.45, 7) is 3.15. The number of hydrogen-bond acceptors (Lipinski definition) is 9. The van der Waals surface area contributed by atoms with Gasteiger partial charge in [0, 0.05) is 33.2 Å². The molecule has 0 aromatic carbocycles. The van der Waals surface area contributed by atoms with Gasteiger partial charge in [0.2, 0.25) is 11.8 Å². The molecule has 3 heterocycles. The van der Waals surface area contributed by atoms with E-state index in [4.69, 9.17) is 4.74 Å². The molecular weight excluding hydrogens is 390 g/mol. The fourth-order valence-electron chi connectivity index (χ4n) is 3.25. The summed E-state index contributed by atoms with van der Waals surface area (Å²) >= 11 is 0. The van der Waals surface area contributed by atoms with Crippen molar-refractivity contribution in [2.24, 2.45) is 0 Å². The number of likely N-dealkylation sites (tertiary alicyclic amines) is 1. The molecule has 2 saturated heterocycles. The number of anilines is 1. The lowest BCUT2D eigenvalue weighted by molar-refractivity contribution is -0.133. The number of tetrazole rings is 1. The van der Waals surface area contributed by atoms with Crippen LogP contribution in [0.2, 0.25) is 0 Å². The number of ether oxygens (including phenoxy) is 1. The number of amides is 2. The smallest absolute Gasteiger partial charge is 0.266 e. The standard InChI is InChI=1S/C15H25N7O5S/c1-16-13(23)11-28(25,26)12-2-4-20(5-3-12)14(24)10-22-18-15(17-19-22)21-6-8-27-9-7-21/h12H,2-11H2,1H3,(H,16,23). The number of carbonyl (C=O) groups excluding carboxylic acids is 2. The van der Waals surface area contributed by atoms with Crippen molar-refractivity contribution in [2.75, 3.05) is 57.1 Å². The third-order valence-corrected chi connectivity index (χ3v) is 7.08. The summed E-state index contributed by atoms with van der Waals surface area (Å²) in [5.74, 6) is -0.759. The first-order valence-electron chi connectivity index (χ1n) is 9.19. The second kappa shape index (κ2) is 8.82. The fourth-order valence-corrected chi connectivity index (χ4v) is 4.92. The Bertz CT molecular complexity index is 797. The number of morpholine rings is 1. The highest BCUT2D eigenvalue weighted by atomic mass is 32.2. The first kappa shape index (κ1) is 20.5. The molecule has 0 saturated carbocycles. The quantitative estimate of drug-likeness (QED) is 0.541. The maximum absolute atomic E-state index is 12.5. The monoisotopic (exact) mass is 415 g/mol. The minimum absolute atomic E-state index is 0.0486. The number of hydrogen-bond donors (Lipinski definition) is 1. The largest absolute Gasteiger partial charge is 0.378 e. The zero-order chi connectivity index (χ0) is 20.1. The molecule has 2 fully saturated rings. The van der Waals surface area contributed by atoms with Crippen LogP contribution in [0.25, 0.3) is 0 Å². The summed E-state index contributed by atoms with van der Waals surface area (Å²) in [5, 5.41) is 13.9. The van der Waals surface area contributed by atoms with Crippen LogP contribution in [0.1, 0.15) is 12.8 Å². The summed E-state index contributed by atoms with van der Waals surface area (Å²) in [7, 11) is -2.11. The number of nitrogens with zero attached hydrogens (tertiary/aromatic N) is 6. The van der Waals surface area contributed by atoms with Gasteiger partial charge in [-0.15, -0.1) is 5.10 Å². The van der Waals surface area contributed by atoms with Crippen LogP contribution in [-0.2, 0) is 30.7 Å². The first-order valence-corrected chi connectivity index (χ1v) is 10.9. The van der Waals surface area contributed by atoms with E-state index in [0.29, 0.717) is 58.2 Å². The molecule has 2 amide bonds. The molecule has 28 heavy (non-hydrogen) atoms. The van der Waals surface area contributed by atoms with Crippen molar-refractivity contribution in [1.82, 2.24) is 30.4 Å². The van der Waals surface area contributed by atoms with Crippen LogP contribution >= 0.6 is 0 Å². The van der Waals surface area contributed by atoms with Crippen LogP contribution in [-0.4, -0.2) is 103 Å². The van der Waals surface area contributed by atoms with Gasteiger partial charge in [-0.25, -0.2) is 8.42 Å². The van der Waals surface area contributed by atoms with Crippen molar-refractivity contribution in [2.45, 2.75) is 24.6 Å². The zero-order valence-corrected chi connectivity index (χ0v) is 16.6. The Balaban J connectivity index is 1.50. The molecule has 13 heteroatoms. The lowest BCUT2D eigenvalue weighted by Crippen LogP contribution is -2.45. The van der Waals surface area contributed by atoms with Crippen molar-refractivity contribution < 1.29 is 22.7 Å². The molecule has 0 bridgehead atoms. The van der Waals surface area contributed by atoms with E-state index in [1.165, 1.54) is 11.8 Å². The van der Waals surface area contributed by atoms with Gasteiger partial charge in [-0.2, -0.15) is 4.80 Å². The highest BCUT2D eigenvalue weighted by Crippen LogP contribution is 2.19. The van der Waals surface area contributed by atoms with Gasteiger partial charge >= 0.3 is 0 Å². The number of piperidine rings is 1. The van der Waals surface area contributed by atoms with E-state index in [2.05, 4.69) is 20.7 Å². The molecule has 0 atom stereocenters. The minimum atomic E-state index is -3.52. The van der Waals surface area contributed by atoms with Gasteiger partial charge in [0.25, 0.3) is 5.95 Å². The van der Waals surface area contributed by atoms with Crippen molar-refractivity contribution >= 4 is 27.6 Å². The Labute approximate surface area is 163 Å². The summed E-state index contributed by atoms with van der Waals surface area (Å²) < 4.78 is 29.8. The van der Waals surface area contributed by atoms with Gasteiger partial charge in [-0.1, -0.05) is 5.10 Å². The molecule has 1 N–H and O–H groups in total. The van der Waals surface area contributed by atoms with E-state index in [9.17, 15) is 18.0 Å². The predicted octanol–water partition coefficient (Wildman–Crippen LogP) is -2.34. The molecule has 3 rings (SSSR count). The summed E-state index contributed by atoms with van der Waals surface area (Å²) in [6, 6.07) is 0. The lowest BCUT2D eigenvalue weighted by atomic mass is 10.1. The maximum Gasteiger partial charge on any atom is 0.266 e. The van der Waals surface area contributed by atoms with Gasteiger partial charge in [-0.3, -0.25) is 9.59 Å². The topological polar surface area (TPSA) is 140 Å². The molecule has 12 nitrogen and oxygen atoms in total. The van der Waals surface area contributed by atoms with E-state index in [1.54, 1.807) is 4.90 Å². The Kier molecular flexibility index (Phi) is 6.44. The van der Waals surface area contributed by atoms with Crippen LogP contribution in [0.5, 0.6) is 0 Å². The number of nitrogens with one attached hydrogen (secondary N) is 1. The van der Waals surface area contributed by atoms with E-state index < -0.39 is 26.7 Å². The van der Waals surface area contributed by atoms with Crippen molar-refractivity contribution in [3.8, 4) is 0 Å². The van der Waals surface area contributed by atoms with Gasteiger partial charge < -0.3 is 19.9 Å². The Morgan fingerprint density at radius 2 is 1.86 bits per heavy atom. The van der Waals surface area contributed by atoms with Crippen molar-refractivity contribution in [1.29, 1.82) is 0 Å². The average Bonchev–Trinajstić information content (AvgIpc) is 3.17. The molecule has 1 aromatic rings. The van der Waals surface area contributed by atoms with Gasteiger partial charge in [0.05, 0.1) is 18.5 Å². The fraction of sp³-hybridized carbons (Fsp3) is 0.800. The summed E-state index contributed by atoms with van der Waals surface area (Å²) in [6.07, 6.45) is 0.629. The maximum atomic E-state index is 12.5. The molecule has 2 aliphatic heterocycles. The Morgan fingerprint density at radius 1 is 1.18 bits per heavy atom. The van der Waals surface area contributed by atoms with Crippen molar-refractivity contribution in [3.63, 3.8) is 0 Å². The SMILES string of the molecule is CNC(=O)CS(=O)(=O)C1CCN(C(=O)Cn2nnc(N3CCOCC3)n2)CC1. The van der Waals surface area contributed by atoms with E-state index in [1.807, 2.05) is 4.90 Å². The third-order valence-electron chi connectivity index (χ3n) is 4.93. The number of carbonyl (C=O) groups is 2. The molecule has 0 spiro atoms. The van der Waals surface area contributed by atoms with Crippen LogP contribution in [0.15, 0.2) is 0 Å². The first-order chi connectivity index (χ1) is 13.4. The van der Waals surface area contributed by atoms with E-state index >= 15 is 0 Å². The number of rotatable bonds is 6. The molecular formula is C15H25N7O5S. The Hall–Kier alpha value is -2.28. The third kappa shape index (κ3) is 4.95. The lowest BCUT2D eigenvalue weighted by Gasteiger charge is -2.31.